The maximum atomic E-state index is 10.2. The molecule has 1 unspecified atom stereocenters. The maximum absolute atomic E-state index is 10.2. The van der Waals surface area contributed by atoms with Gasteiger partial charge in [0, 0.05) is 6.61 Å². The fraction of sp³-hybridized carbons (Fsp3) is 0.391. The van der Waals surface area contributed by atoms with Crippen molar-refractivity contribution in [1.29, 1.82) is 0 Å². The van der Waals surface area contributed by atoms with Crippen LogP contribution in [0, 0.1) is 0 Å². The molecule has 0 saturated carbocycles. The first-order valence-electron chi connectivity index (χ1n) is 9.35. The number of aliphatic hydroxyl groups excluding tert-OH is 1. The Bertz CT molecular complexity index is 650. The molecule has 0 aliphatic rings. The zero-order valence-corrected chi connectivity index (χ0v) is 17.5. The van der Waals surface area contributed by atoms with Crippen molar-refractivity contribution in [2.45, 2.75) is 51.7 Å². The predicted molar refractivity (Wildman–Crippen MR) is 114 cm³/mol. The summed E-state index contributed by atoms with van der Waals surface area (Å²) in [6.45, 7) is 13.2. The van der Waals surface area contributed by atoms with Crippen molar-refractivity contribution in [1.82, 2.24) is 0 Å². The second kappa shape index (κ2) is 8.80. The van der Waals surface area contributed by atoms with Crippen LogP contribution in [0.5, 0.6) is 0 Å². The van der Waals surface area contributed by atoms with Gasteiger partial charge in [0.2, 0.25) is 0 Å². The lowest BCUT2D eigenvalue weighted by Gasteiger charge is -2.43. The molecule has 2 nitrogen and oxygen atoms in total. The summed E-state index contributed by atoms with van der Waals surface area (Å²) in [5.74, 6) is 0. The molecule has 0 amide bonds. The first-order valence-corrected chi connectivity index (χ1v) is 11.3. The van der Waals surface area contributed by atoms with Gasteiger partial charge in [-0.2, -0.15) is 0 Å². The van der Waals surface area contributed by atoms with Gasteiger partial charge >= 0.3 is 0 Å². The van der Waals surface area contributed by atoms with Crippen LogP contribution in [0.4, 0.5) is 0 Å². The van der Waals surface area contributed by atoms with E-state index >= 15 is 0 Å². The lowest BCUT2D eigenvalue weighted by molar-refractivity contribution is 0.136. The van der Waals surface area contributed by atoms with Gasteiger partial charge in [0.05, 0.1) is 6.10 Å². The average molecular weight is 369 g/mol. The lowest BCUT2D eigenvalue weighted by atomic mass is 10.1. The van der Waals surface area contributed by atoms with E-state index in [1.165, 1.54) is 10.4 Å². The summed E-state index contributed by atoms with van der Waals surface area (Å²) in [4.78, 5) is 0. The van der Waals surface area contributed by atoms with E-state index in [4.69, 9.17) is 4.43 Å². The third-order valence-corrected chi connectivity index (χ3v) is 9.81. The zero-order chi connectivity index (χ0) is 19.2. The average Bonchev–Trinajstić information content (AvgIpc) is 2.58. The molecule has 2 aromatic carbocycles. The van der Waals surface area contributed by atoms with E-state index < -0.39 is 14.4 Å². The molecule has 3 heteroatoms. The highest BCUT2D eigenvalue weighted by Gasteiger charge is 2.49. The van der Waals surface area contributed by atoms with Crippen LogP contribution in [-0.4, -0.2) is 26.1 Å². The minimum Gasteiger partial charge on any atom is -0.407 e. The molecule has 0 bridgehead atoms. The highest BCUT2D eigenvalue weighted by Crippen LogP contribution is 2.36. The highest BCUT2D eigenvalue weighted by atomic mass is 28.4. The van der Waals surface area contributed by atoms with Crippen LogP contribution in [0.1, 0.15) is 40.5 Å². The Kier molecular flexibility index (Phi) is 6.99. The van der Waals surface area contributed by atoms with Gasteiger partial charge in [-0.15, -0.1) is 6.58 Å². The molecule has 2 rings (SSSR count). The van der Waals surface area contributed by atoms with E-state index in [0.29, 0.717) is 19.4 Å². The second-order valence-corrected chi connectivity index (χ2v) is 12.4. The Balaban J connectivity index is 2.39. The van der Waals surface area contributed by atoms with Crippen LogP contribution in [0.2, 0.25) is 5.04 Å². The molecule has 0 fully saturated rings. The maximum Gasteiger partial charge on any atom is 0.261 e. The normalized spacial score (nSPS) is 13.4. The third-order valence-electron chi connectivity index (χ3n) is 4.77. The third kappa shape index (κ3) is 4.73. The van der Waals surface area contributed by atoms with Gasteiger partial charge in [-0.25, -0.2) is 0 Å². The first kappa shape index (κ1) is 20.6. The summed E-state index contributed by atoms with van der Waals surface area (Å²) in [5, 5.41) is 12.7. The number of hydrogen-bond acceptors (Lipinski definition) is 2. The van der Waals surface area contributed by atoms with Crippen LogP contribution in [0.15, 0.2) is 72.8 Å². The molecule has 0 spiro atoms. The molecule has 0 aromatic heterocycles. The molecule has 0 heterocycles. The van der Waals surface area contributed by atoms with Gasteiger partial charge in [0.25, 0.3) is 8.32 Å². The van der Waals surface area contributed by atoms with E-state index in [-0.39, 0.29) is 5.04 Å². The van der Waals surface area contributed by atoms with Crippen LogP contribution in [0.25, 0.3) is 0 Å². The Morgan fingerprint density at radius 3 is 1.85 bits per heavy atom. The largest absolute Gasteiger partial charge is 0.407 e. The molecular weight excluding hydrogens is 336 g/mol. The molecule has 0 radical (unpaired) electrons. The molecule has 0 saturated heterocycles. The van der Waals surface area contributed by atoms with Crippen molar-refractivity contribution in [2.24, 2.45) is 0 Å². The minimum atomic E-state index is -2.49. The Morgan fingerprint density at radius 2 is 1.46 bits per heavy atom. The Hall–Kier alpha value is -1.68. The first-order chi connectivity index (χ1) is 12.3. The van der Waals surface area contributed by atoms with Crippen molar-refractivity contribution < 1.29 is 9.53 Å². The van der Waals surface area contributed by atoms with Crippen LogP contribution in [-0.2, 0) is 4.43 Å². The quantitative estimate of drug-likeness (QED) is 0.557. The molecule has 140 valence electrons. The Labute approximate surface area is 159 Å². The molecule has 0 aliphatic heterocycles. The van der Waals surface area contributed by atoms with Crippen LogP contribution >= 0.6 is 0 Å². The fourth-order valence-electron chi connectivity index (χ4n) is 3.61. The van der Waals surface area contributed by atoms with E-state index in [0.717, 1.165) is 5.57 Å². The molecule has 26 heavy (non-hydrogen) atoms. The van der Waals surface area contributed by atoms with Crippen molar-refractivity contribution >= 4 is 18.7 Å². The fourth-order valence-corrected chi connectivity index (χ4v) is 8.19. The number of hydrogen-bond donors (Lipinski definition) is 1. The lowest BCUT2D eigenvalue weighted by Crippen LogP contribution is -2.66. The molecular formula is C23H32O2Si. The highest BCUT2D eigenvalue weighted by molar-refractivity contribution is 6.99. The zero-order valence-electron chi connectivity index (χ0n) is 16.5. The summed E-state index contributed by atoms with van der Waals surface area (Å²) in [7, 11) is -2.49. The van der Waals surface area contributed by atoms with Crippen molar-refractivity contribution in [3.63, 3.8) is 0 Å². The number of aliphatic hydroxyl groups is 1. The van der Waals surface area contributed by atoms with E-state index in [1.807, 2.05) is 19.1 Å². The van der Waals surface area contributed by atoms with Gasteiger partial charge in [0.15, 0.2) is 0 Å². The predicted octanol–water partition coefficient (Wildman–Crippen LogP) is 4.28. The molecule has 1 N–H and O–H groups in total. The summed E-state index contributed by atoms with van der Waals surface area (Å²) in [6.07, 6.45) is 0.854. The monoisotopic (exact) mass is 368 g/mol. The van der Waals surface area contributed by atoms with Crippen LogP contribution in [0.3, 0.4) is 0 Å². The van der Waals surface area contributed by atoms with E-state index in [1.54, 1.807) is 0 Å². The van der Waals surface area contributed by atoms with E-state index in [2.05, 4.69) is 75.9 Å². The number of rotatable bonds is 8. The second-order valence-electron chi connectivity index (χ2n) is 8.12. The number of benzene rings is 2. The summed E-state index contributed by atoms with van der Waals surface area (Å²) in [6, 6.07) is 21.2. The van der Waals surface area contributed by atoms with E-state index in [9.17, 15) is 5.11 Å². The van der Waals surface area contributed by atoms with Gasteiger partial charge in [-0.1, -0.05) is 87.0 Å². The SMILES string of the molecule is C=C(C)CC(O)CCO[Si](c1ccccc1)(c1ccccc1)C(C)(C)C. The molecule has 2 aromatic rings. The molecule has 0 aliphatic carbocycles. The van der Waals surface area contributed by atoms with Gasteiger partial charge in [-0.3, -0.25) is 0 Å². The van der Waals surface area contributed by atoms with Crippen molar-refractivity contribution in [2.75, 3.05) is 6.61 Å². The van der Waals surface area contributed by atoms with Gasteiger partial charge < -0.3 is 9.53 Å². The summed E-state index contributed by atoms with van der Waals surface area (Å²) < 4.78 is 6.77. The standard InChI is InChI=1S/C23H32O2Si/c1-19(2)18-20(24)16-17-25-26(23(3,4)5,21-12-8-6-9-13-21)22-14-10-7-11-15-22/h6-15,20,24H,1,16-18H2,2-5H3. The summed E-state index contributed by atoms with van der Waals surface area (Å²) >= 11 is 0. The minimum absolute atomic E-state index is 0.0327. The van der Waals surface area contributed by atoms with Gasteiger partial charge in [-0.05, 0) is 35.2 Å². The Morgan fingerprint density at radius 1 is 1.00 bits per heavy atom. The summed E-state index contributed by atoms with van der Waals surface area (Å²) in [5.41, 5.74) is 1.00. The molecule has 1 atom stereocenters. The van der Waals surface area contributed by atoms with Crippen LogP contribution < -0.4 is 10.4 Å². The van der Waals surface area contributed by atoms with Crippen molar-refractivity contribution in [3.8, 4) is 0 Å². The van der Waals surface area contributed by atoms with Gasteiger partial charge in [0.1, 0.15) is 0 Å². The van der Waals surface area contributed by atoms with Crippen molar-refractivity contribution in [3.05, 3.63) is 72.8 Å². The topological polar surface area (TPSA) is 29.5 Å². The smallest absolute Gasteiger partial charge is 0.261 e.